The van der Waals surface area contributed by atoms with Crippen LogP contribution in [0.25, 0.3) is 0 Å². The molecule has 0 aromatic heterocycles. The van der Waals surface area contributed by atoms with Gasteiger partial charge in [-0.1, -0.05) is 236 Å². The Morgan fingerprint density at radius 3 is 1.08 bits per heavy atom. The molecule has 0 saturated heterocycles. The van der Waals surface area contributed by atoms with Crippen molar-refractivity contribution in [3.63, 3.8) is 0 Å². The zero-order valence-corrected chi connectivity index (χ0v) is 47.3. The number of ether oxygens (including phenoxy) is 3. The predicted octanol–water partition coefficient (Wildman–Crippen LogP) is 17.4. The van der Waals surface area contributed by atoms with Gasteiger partial charge in [-0.25, -0.2) is 4.57 Å². The van der Waals surface area contributed by atoms with Crippen molar-refractivity contribution >= 4 is 25.7 Å². The van der Waals surface area contributed by atoms with E-state index in [4.69, 9.17) is 23.3 Å². The summed E-state index contributed by atoms with van der Waals surface area (Å²) in [5, 5.41) is 9.80. The monoisotopic (exact) mass is 1040 g/mol. The second-order valence-corrected chi connectivity index (χ2v) is 21.3. The summed E-state index contributed by atoms with van der Waals surface area (Å²) >= 11 is 0. The third kappa shape index (κ3) is 52.3. The van der Waals surface area contributed by atoms with Gasteiger partial charge in [0.2, 0.25) is 0 Å². The number of rotatable bonds is 55. The highest BCUT2D eigenvalue weighted by molar-refractivity contribution is 7.47. The minimum Gasteiger partial charge on any atom is -0.462 e. The first kappa shape index (κ1) is 69.4. The van der Waals surface area contributed by atoms with Crippen LogP contribution in [0.4, 0.5) is 0 Å². The van der Waals surface area contributed by atoms with Crippen LogP contribution >= 0.6 is 7.82 Å². The maximum absolute atomic E-state index is 12.9. The summed E-state index contributed by atoms with van der Waals surface area (Å²) in [5.74, 6) is -1.48. The summed E-state index contributed by atoms with van der Waals surface area (Å²) in [7, 11) is -4.75. The minimum atomic E-state index is -4.75. The zero-order chi connectivity index (χ0) is 52.7. The van der Waals surface area contributed by atoms with Crippen molar-refractivity contribution in [2.75, 3.05) is 26.4 Å². The van der Waals surface area contributed by atoms with E-state index in [-0.39, 0.29) is 25.9 Å². The number of carbonyl (C=O) groups is 3. The fourth-order valence-electron chi connectivity index (χ4n) is 8.20. The van der Waals surface area contributed by atoms with E-state index in [1.54, 1.807) is 0 Å². The Morgan fingerprint density at radius 2 is 0.708 bits per heavy atom. The average Bonchev–Trinajstić information content (AvgIpc) is 3.37. The minimum absolute atomic E-state index is 0.161. The Hall–Kier alpha value is -2.56. The standard InChI is InChI=1S/C60H109O11P/c1-4-7-10-13-16-19-22-25-26-27-28-29-30-33-36-39-42-45-48-51-60(64)71-57(53-67-58(62)49-46-43-40-37-34-31-23-20-17-14-11-8-5-2)55-69-72(65,66)68-54-56(52-61)70-59(63)50-47-44-41-38-35-32-24-21-18-15-12-9-6-3/h11-12,14-15,20-21,23-24,56-57,61H,4-10,13,16-19,22,25-55H2,1-3H3,(H,65,66)/b14-11-,15-12-,23-20-,24-21-. The molecule has 2 N–H and O–H groups in total. The van der Waals surface area contributed by atoms with Crippen molar-refractivity contribution in [2.24, 2.45) is 0 Å². The number of esters is 3. The van der Waals surface area contributed by atoms with E-state index in [9.17, 15) is 28.9 Å². The van der Waals surface area contributed by atoms with E-state index in [1.165, 1.54) is 109 Å². The number of aliphatic hydroxyl groups is 1. The molecule has 3 atom stereocenters. The number of hydrogen-bond acceptors (Lipinski definition) is 10. The van der Waals surface area contributed by atoms with Gasteiger partial charge >= 0.3 is 25.7 Å². The van der Waals surface area contributed by atoms with Crippen molar-refractivity contribution in [1.29, 1.82) is 0 Å². The van der Waals surface area contributed by atoms with Crippen molar-refractivity contribution in [3.8, 4) is 0 Å². The molecule has 0 bridgehead atoms. The van der Waals surface area contributed by atoms with Gasteiger partial charge in [0, 0.05) is 19.3 Å². The van der Waals surface area contributed by atoms with Crippen LogP contribution in [0.3, 0.4) is 0 Å². The summed E-state index contributed by atoms with van der Waals surface area (Å²) in [5.41, 5.74) is 0. The first-order valence-corrected chi connectivity index (χ1v) is 31.0. The molecule has 0 aliphatic carbocycles. The van der Waals surface area contributed by atoms with Gasteiger partial charge in [0.05, 0.1) is 19.8 Å². The van der Waals surface area contributed by atoms with E-state index in [1.807, 2.05) is 0 Å². The molecule has 0 radical (unpaired) electrons. The van der Waals surface area contributed by atoms with Gasteiger partial charge in [-0.15, -0.1) is 0 Å². The second-order valence-electron chi connectivity index (χ2n) is 19.8. The molecular weight excluding hydrogens is 928 g/mol. The van der Waals surface area contributed by atoms with E-state index < -0.39 is 57.8 Å². The Kier molecular flexibility index (Phi) is 52.7. The maximum Gasteiger partial charge on any atom is 0.472 e. The number of unbranched alkanes of at least 4 members (excludes halogenated alkanes) is 30. The maximum atomic E-state index is 12.9. The van der Waals surface area contributed by atoms with Gasteiger partial charge in [-0.3, -0.25) is 23.4 Å². The van der Waals surface area contributed by atoms with Gasteiger partial charge < -0.3 is 24.2 Å². The molecule has 420 valence electrons. The van der Waals surface area contributed by atoms with Crippen molar-refractivity contribution < 1.29 is 52.2 Å². The van der Waals surface area contributed by atoms with Gasteiger partial charge in [0.1, 0.15) is 12.7 Å². The lowest BCUT2D eigenvalue weighted by atomic mass is 10.0. The van der Waals surface area contributed by atoms with Crippen LogP contribution in [0.2, 0.25) is 0 Å². The number of phosphoric ester groups is 1. The molecule has 72 heavy (non-hydrogen) atoms. The van der Waals surface area contributed by atoms with E-state index in [2.05, 4.69) is 69.4 Å². The van der Waals surface area contributed by atoms with Crippen LogP contribution in [-0.4, -0.2) is 66.5 Å². The molecule has 11 nitrogen and oxygen atoms in total. The SMILES string of the molecule is CCC/C=C\C/C=C\CCCCCCCC(=O)OCC(COP(=O)(O)OCC(CO)OC(=O)CCCCCCC/C=C\C/C=C\CCC)OC(=O)CCCCCCCCCCCCCCCCCCCCC. The first-order chi connectivity index (χ1) is 35.2. The van der Waals surface area contributed by atoms with Crippen LogP contribution in [0.1, 0.15) is 278 Å². The fraction of sp³-hybridized carbons (Fsp3) is 0.817. The van der Waals surface area contributed by atoms with Crippen molar-refractivity contribution in [2.45, 2.75) is 290 Å². The van der Waals surface area contributed by atoms with E-state index in [0.29, 0.717) is 19.3 Å². The third-order valence-corrected chi connectivity index (χ3v) is 13.6. The van der Waals surface area contributed by atoms with Crippen molar-refractivity contribution in [1.82, 2.24) is 0 Å². The molecule has 0 amide bonds. The molecule has 0 rings (SSSR count). The number of hydrogen-bond donors (Lipinski definition) is 2. The number of carbonyl (C=O) groups excluding carboxylic acids is 3. The molecule has 0 aromatic carbocycles. The zero-order valence-electron chi connectivity index (χ0n) is 46.4. The smallest absolute Gasteiger partial charge is 0.462 e. The molecule has 0 fully saturated rings. The summed E-state index contributed by atoms with van der Waals surface area (Å²) in [6.07, 6.45) is 57.9. The predicted molar refractivity (Wildman–Crippen MR) is 298 cm³/mol. The number of aliphatic hydroxyl groups excluding tert-OH is 1. The number of phosphoric acid groups is 1. The lowest BCUT2D eigenvalue weighted by Gasteiger charge is -2.21. The molecule has 0 aromatic rings. The first-order valence-electron chi connectivity index (χ1n) is 29.5. The van der Waals surface area contributed by atoms with Crippen molar-refractivity contribution in [3.05, 3.63) is 48.6 Å². The average molecular weight is 1040 g/mol. The molecule has 0 heterocycles. The lowest BCUT2D eigenvalue weighted by molar-refractivity contribution is -0.161. The largest absolute Gasteiger partial charge is 0.472 e. The quantitative estimate of drug-likeness (QED) is 0.0197. The Labute approximate surface area is 441 Å². The van der Waals surface area contributed by atoms with E-state index >= 15 is 0 Å². The highest BCUT2D eigenvalue weighted by atomic mass is 31.2. The molecule has 12 heteroatoms. The summed E-state index contributed by atoms with van der Waals surface area (Å²) < 4.78 is 39.5. The van der Waals surface area contributed by atoms with Crippen LogP contribution in [0, 0.1) is 0 Å². The molecule has 0 aliphatic heterocycles. The van der Waals surface area contributed by atoms with E-state index in [0.717, 1.165) is 109 Å². The van der Waals surface area contributed by atoms with Gasteiger partial charge in [-0.2, -0.15) is 0 Å². The normalized spacial score (nSPS) is 13.7. The van der Waals surface area contributed by atoms with Gasteiger partial charge in [-0.05, 0) is 70.6 Å². The van der Waals surface area contributed by atoms with Gasteiger partial charge in [0.15, 0.2) is 6.10 Å². The highest BCUT2D eigenvalue weighted by Gasteiger charge is 2.28. The lowest BCUT2D eigenvalue weighted by Crippen LogP contribution is -2.30. The number of allylic oxidation sites excluding steroid dienone is 8. The van der Waals surface area contributed by atoms with Crippen LogP contribution in [-0.2, 0) is 42.2 Å². The summed E-state index contributed by atoms with van der Waals surface area (Å²) in [6, 6.07) is 0. The molecular formula is C60H109O11P. The molecule has 3 unspecified atom stereocenters. The Balaban J connectivity index is 4.69. The van der Waals surface area contributed by atoms with Crippen LogP contribution in [0.15, 0.2) is 48.6 Å². The Morgan fingerprint density at radius 1 is 0.389 bits per heavy atom. The van der Waals surface area contributed by atoms with Gasteiger partial charge in [0.25, 0.3) is 0 Å². The molecule has 0 spiro atoms. The summed E-state index contributed by atoms with van der Waals surface area (Å²) in [6.45, 7) is 4.52. The van der Waals surface area contributed by atoms with Crippen LogP contribution in [0.5, 0.6) is 0 Å². The second kappa shape index (κ2) is 54.7. The molecule has 0 aliphatic rings. The van der Waals surface area contributed by atoms with Crippen LogP contribution < -0.4 is 0 Å². The summed E-state index contributed by atoms with van der Waals surface area (Å²) in [4.78, 5) is 48.5. The highest BCUT2D eigenvalue weighted by Crippen LogP contribution is 2.43. The Bertz CT molecular complexity index is 1400. The fourth-order valence-corrected chi connectivity index (χ4v) is 8.98. The topological polar surface area (TPSA) is 155 Å². The molecule has 0 saturated carbocycles. The third-order valence-electron chi connectivity index (χ3n) is 12.7.